The van der Waals surface area contributed by atoms with E-state index in [4.69, 9.17) is 5.11 Å². The topological polar surface area (TPSA) is 110 Å². The van der Waals surface area contributed by atoms with Crippen LogP contribution in [0.5, 0.6) is 0 Å². The number of aryl methyl sites for hydroxylation is 1. The zero-order valence-electron chi connectivity index (χ0n) is 18.6. The molecule has 9 heteroatoms. The lowest BCUT2D eigenvalue weighted by Gasteiger charge is -2.33. The molecule has 2 amide bonds. The van der Waals surface area contributed by atoms with Crippen LogP contribution in [0.1, 0.15) is 40.7 Å². The molecule has 0 radical (unpaired) electrons. The van der Waals surface area contributed by atoms with Gasteiger partial charge in [-0.1, -0.05) is 12.1 Å². The number of hydrogen-bond donors (Lipinski definition) is 2. The Morgan fingerprint density at radius 2 is 1.91 bits per heavy atom. The van der Waals surface area contributed by atoms with E-state index in [1.165, 1.54) is 0 Å². The van der Waals surface area contributed by atoms with Crippen molar-refractivity contribution >= 4 is 24.1 Å². The normalized spacial score (nSPS) is 17.8. The van der Waals surface area contributed by atoms with Gasteiger partial charge in [0.25, 0.3) is 5.91 Å². The number of nitrogens with zero attached hydrogens (tertiary/aromatic N) is 3. The Morgan fingerprint density at radius 1 is 1.19 bits per heavy atom. The SMILES string of the molecule is CNC(=O)CCC(C=O)N1Cc2c(CCCN3CCN(CC(=O)O)CC3)cccc2C1=O. The maximum absolute atomic E-state index is 12.9. The van der Waals surface area contributed by atoms with E-state index in [9.17, 15) is 19.2 Å². The van der Waals surface area contributed by atoms with Gasteiger partial charge >= 0.3 is 5.97 Å². The van der Waals surface area contributed by atoms with E-state index in [1.54, 1.807) is 11.9 Å². The molecule has 0 saturated carbocycles. The summed E-state index contributed by atoms with van der Waals surface area (Å²) in [5, 5.41) is 11.5. The van der Waals surface area contributed by atoms with Crippen molar-refractivity contribution in [2.45, 2.75) is 38.3 Å². The summed E-state index contributed by atoms with van der Waals surface area (Å²) in [6.45, 7) is 4.66. The Bertz CT molecular complexity index is 851. The van der Waals surface area contributed by atoms with E-state index in [2.05, 4.69) is 10.2 Å². The molecule has 32 heavy (non-hydrogen) atoms. The molecular weight excluding hydrogens is 412 g/mol. The lowest BCUT2D eigenvalue weighted by molar-refractivity contribution is -0.138. The molecule has 1 aromatic carbocycles. The van der Waals surface area contributed by atoms with Crippen LogP contribution in [0.4, 0.5) is 0 Å². The minimum Gasteiger partial charge on any atom is -0.480 e. The van der Waals surface area contributed by atoms with Gasteiger partial charge in [0.05, 0.1) is 12.6 Å². The van der Waals surface area contributed by atoms with Gasteiger partial charge in [-0.25, -0.2) is 0 Å². The highest BCUT2D eigenvalue weighted by Gasteiger charge is 2.33. The van der Waals surface area contributed by atoms with Gasteiger partial charge in [-0.2, -0.15) is 0 Å². The fourth-order valence-electron chi connectivity index (χ4n) is 4.48. The minimum absolute atomic E-state index is 0.0966. The molecule has 0 bridgehead atoms. The molecule has 2 heterocycles. The first-order chi connectivity index (χ1) is 15.4. The highest BCUT2D eigenvalue weighted by molar-refractivity contribution is 6.00. The highest BCUT2D eigenvalue weighted by Crippen LogP contribution is 2.29. The second kappa shape index (κ2) is 11.2. The summed E-state index contributed by atoms with van der Waals surface area (Å²) in [5.74, 6) is -1.08. The second-order valence-electron chi connectivity index (χ2n) is 8.41. The van der Waals surface area contributed by atoms with E-state index in [-0.39, 0.29) is 24.8 Å². The van der Waals surface area contributed by atoms with Gasteiger partial charge in [0.2, 0.25) is 5.91 Å². The molecule has 9 nitrogen and oxygen atoms in total. The quantitative estimate of drug-likeness (QED) is 0.475. The molecular formula is C23H32N4O5. The third-order valence-electron chi connectivity index (χ3n) is 6.34. The molecule has 174 valence electrons. The van der Waals surface area contributed by atoms with E-state index in [0.29, 0.717) is 18.5 Å². The molecule has 1 aromatic rings. The lowest BCUT2D eigenvalue weighted by atomic mass is 9.99. The number of rotatable bonds is 11. The molecule has 0 aliphatic carbocycles. The summed E-state index contributed by atoms with van der Waals surface area (Å²) in [7, 11) is 1.55. The first-order valence-electron chi connectivity index (χ1n) is 11.2. The third kappa shape index (κ3) is 5.92. The number of nitrogens with one attached hydrogen (secondary N) is 1. The summed E-state index contributed by atoms with van der Waals surface area (Å²) in [5.41, 5.74) is 2.76. The fraction of sp³-hybridized carbons (Fsp3) is 0.565. The van der Waals surface area contributed by atoms with Gasteiger partial charge in [0, 0.05) is 51.8 Å². The van der Waals surface area contributed by atoms with E-state index < -0.39 is 12.0 Å². The molecule has 1 saturated heterocycles. The average Bonchev–Trinajstić information content (AvgIpc) is 3.12. The predicted octanol–water partition coefficient (Wildman–Crippen LogP) is 0.371. The number of fused-ring (bicyclic) bond motifs is 1. The fourth-order valence-corrected chi connectivity index (χ4v) is 4.48. The van der Waals surface area contributed by atoms with Crippen molar-refractivity contribution < 1.29 is 24.3 Å². The van der Waals surface area contributed by atoms with Crippen LogP contribution in [0.25, 0.3) is 0 Å². The van der Waals surface area contributed by atoms with Gasteiger partial charge in [-0.3, -0.25) is 19.3 Å². The van der Waals surface area contributed by atoms with E-state index >= 15 is 0 Å². The van der Waals surface area contributed by atoms with Gasteiger partial charge < -0.3 is 25.0 Å². The first kappa shape index (κ1) is 23.9. The smallest absolute Gasteiger partial charge is 0.317 e. The van der Waals surface area contributed by atoms with Gasteiger partial charge in [0.1, 0.15) is 6.29 Å². The maximum Gasteiger partial charge on any atom is 0.317 e. The Hall–Kier alpha value is -2.78. The Labute approximate surface area is 188 Å². The van der Waals surface area contributed by atoms with E-state index in [1.807, 2.05) is 23.1 Å². The van der Waals surface area contributed by atoms with Crippen LogP contribution in [0.3, 0.4) is 0 Å². The van der Waals surface area contributed by atoms with Crippen LogP contribution in [0, 0.1) is 0 Å². The van der Waals surface area contributed by atoms with Crippen molar-refractivity contribution in [1.29, 1.82) is 0 Å². The molecule has 1 atom stereocenters. The predicted molar refractivity (Wildman–Crippen MR) is 118 cm³/mol. The van der Waals surface area contributed by atoms with Crippen molar-refractivity contribution in [3.8, 4) is 0 Å². The molecule has 3 rings (SSSR count). The Balaban J connectivity index is 1.54. The number of amides is 2. The second-order valence-corrected chi connectivity index (χ2v) is 8.41. The van der Waals surface area contributed by atoms with Crippen LogP contribution in [0.15, 0.2) is 18.2 Å². The zero-order valence-corrected chi connectivity index (χ0v) is 18.6. The third-order valence-corrected chi connectivity index (χ3v) is 6.34. The lowest BCUT2D eigenvalue weighted by Crippen LogP contribution is -2.48. The number of piperazine rings is 1. The van der Waals surface area contributed by atoms with Crippen LogP contribution in [-0.2, 0) is 27.3 Å². The van der Waals surface area contributed by atoms with Crippen LogP contribution < -0.4 is 5.32 Å². The van der Waals surface area contributed by atoms with Gasteiger partial charge in [-0.15, -0.1) is 0 Å². The monoisotopic (exact) mass is 444 g/mol. The number of carbonyl (C=O) groups excluding carboxylic acids is 3. The largest absolute Gasteiger partial charge is 0.480 e. The molecule has 2 N–H and O–H groups in total. The Morgan fingerprint density at radius 3 is 2.56 bits per heavy atom. The standard InChI is InChI=1S/C23H32N4O5/c1-24-21(29)8-7-18(16-28)27-14-20-17(4-2-6-19(20)23(27)32)5-3-9-25-10-12-26(13-11-25)15-22(30)31/h2,4,6,16,18H,3,5,7-15H2,1H3,(H,24,29)(H,30,31). The first-order valence-corrected chi connectivity index (χ1v) is 11.2. The van der Waals surface area contributed by atoms with Crippen LogP contribution in [0.2, 0.25) is 0 Å². The van der Waals surface area contributed by atoms with Gasteiger partial charge in [-0.05, 0) is 43.0 Å². The summed E-state index contributed by atoms with van der Waals surface area (Å²) >= 11 is 0. The number of carbonyl (C=O) groups is 4. The number of carboxylic acid groups (broad SMARTS) is 1. The molecule has 1 unspecified atom stereocenters. The molecule has 2 aliphatic heterocycles. The molecule has 1 fully saturated rings. The summed E-state index contributed by atoms with van der Waals surface area (Å²) in [6.07, 6.45) is 3.05. The van der Waals surface area contributed by atoms with Crippen LogP contribution in [-0.4, -0.2) is 96.2 Å². The molecule has 0 aromatic heterocycles. The van der Waals surface area contributed by atoms with Crippen molar-refractivity contribution in [2.75, 3.05) is 46.3 Å². The number of aldehydes is 1. The van der Waals surface area contributed by atoms with Crippen molar-refractivity contribution in [2.24, 2.45) is 0 Å². The average molecular weight is 445 g/mol. The molecule has 0 spiro atoms. The molecule has 2 aliphatic rings. The summed E-state index contributed by atoms with van der Waals surface area (Å²) < 4.78 is 0. The number of carboxylic acids is 1. The maximum atomic E-state index is 12.9. The van der Waals surface area contributed by atoms with E-state index in [0.717, 1.165) is 63.0 Å². The number of benzene rings is 1. The number of aliphatic carboxylic acids is 1. The highest BCUT2D eigenvalue weighted by atomic mass is 16.4. The number of hydrogen-bond acceptors (Lipinski definition) is 6. The van der Waals surface area contributed by atoms with Gasteiger partial charge in [0.15, 0.2) is 0 Å². The summed E-state index contributed by atoms with van der Waals surface area (Å²) in [4.78, 5) is 52.8. The summed E-state index contributed by atoms with van der Waals surface area (Å²) in [6, 6.07) is 5.13. The van der Waals surface area contributed by atoms with Crippen molar-refractivity contribution in [3.05, 3.63) is 34.9 Å². The Kier molecular flexibility index (Phi) is 8.35. The van der Waals surface area contributed by atoms with Crippen molar-refractivity contribution in [3.63, 3.8) is 0 Å². The minimum atomic E-state index is -0.787. The van der Waals surface area contributed by atoms with Crippen LogP contribution >= 0.6 is 0 Å². The zero-order chi connectivity index (χ0) is 23.1. The van der Waals surface area contributed by atoms with Crippen molar-refractivity contribution in [1.82, 2.24) is 20.0 Å².